The Kier molecular flexibility index (Phi) is 3.96. The van der Waals surface area contributed by atoms with Crippen LogP contribution in [0, 0.1) is 0 Å². The van der Waals surface area contributed by atoms with Crippen LogP contribution in [0.25, 0.3) is 0 Å². The van der Waals surface area contributed by atoms with Gasteiger partial charge in [-0.2, -0.15) is 0 Å². The Balaban J connectivity index is 1.61. The van der Waals surface area contributed by atoms with Gasteiger partial charge in [0.2, 0.25) is 5.13 Å². The Bertz CT molecular complexity index is 817. The van der Waals surface area contributed by atoms with Crippen LogP contribution in [0.2, 0.25) is 0 Å². The second-order valence-electron chi connectivity index (χ2n) is 5.63. The summed E-state index contributed by atoms with van der Waals surface area (Å²) in [5.74, 6) is 0. The summed E-state index contributed by atoms with van der Waals surface area (Å²) in [5.41, 5.74) is 4.00. The number of benzene rings is 1. The summed E-state index contributed by atoms with van der Waals surface area (Å²) < 4.78 is 2.06. The number of aryl methyl sites for hydroxylation is 1. The van der Waals surface area contributed by atoms with Crippen molar-refractivity contribution < 1.29 is 4.79 Å². The molecule has 0 unspecified atom stereocenters. The van der Waals surface area contributed by atoms with Crippen molar-refractivity contribution >= 4 is 22.5 Å². The number of fused-ring (bicyclic) bond motifs is 1. The molecule has 2 heterocycles. The number of nitrogens with zero attached hydrogens (tertiary/aromatic N) is 4. The van der Waals surface area contributed by atoms with E-state index in [1.165, 1.54) is 16.9 Å². The Morgan fingerprint density at radius 2 is 2.25 bits per heavy atom. The van der Waals surface area contributed by atoms with E-state index in [4.69, 9.17) is 0 Å². The minimum atomic E-state index is -0.279. The van der Waals surface area contributed by atoms with Crippen LogP contribution in [0.4, 0.5) is 9.93 Å². The van der Waals surface area contributed by atoms with E-state index in [0.29, 0.717) is 5.13 Å². The Hall–Kier alpha value is -2.74. The van der Waals surface area contributed by atoms with Crippen LogP contribution in [0.5, 0.6) is 0 Å². The summed E-state index contributed by atoms with van der Waals surface area (Å²) in [7, 11) is 0. The first-order chi connectivity index (χ1) is 11.8. The van der Waals surface area contributed by atoms with Gasteiger partial charge in [0.15, 0.2) is 0 Å². The number of amides is 2. The first kappa shape index (κ1) is 14.8. The van der Waals surface area contributed by atoms with E-state index in [-0.39, 0.29) is 18.1 Å². The molecule has 0 saturated heterocycles. The first-order valence-electron chi connectivity index (χ1n) is 7.70. The van der Waals surface area contributed by atoms with Crippen molar-refractivity contribution in [2.75, 3.05) is 5.32 Å². The number of carbonyl (C=O) groups excluding carboxylic acids is 1. The quantitative estimate of drug-likeness (QED) is 0.768. The highest BCUT2D eigenvalue weighted by atomic mass is 32.1. The molecule has 24 heavy (non-hydrogen) atoms. The van der Waals surface area contributed by atoms with Crippen LogP contribution < -0.4 is 10.6 Å². The number of aromatic nitrogens is 4. The first-order valence-corrected chi connectivity index (χ1v) is 8.58. The number of anilines is 1. The van der Waals surface area contributed by atoms with Gasteiger partial charge < -0.3 is 9.88 Å². The summed E-state index contributed by atoms with van der Waals surface area (Å²) in [4.78, 5) is 16.5. The maximum Gasteiger partial charge on any atom is 0.321 e. The van der Waals surface area contributed by atoms with E-state index >= 15 is 0 Å². The van der Waals surface area contributed by atoms with Gasteiger partial charge in [-0.15, -0.1) is 10.2 Å². The molecule has 0 saturated carbocycles. The molecule has 2 amide bonds. The molecule has 7 nitrogen and oxygen atoms in total. The van der Waals surface area contributed by atoms with Gasteiger partial charge in [-0.1, -0.05) is 35.6 Å². The van der Waals surface area contributed by atoms with Crippen LogP contribution >= 0.6 is 11.3 Å². The predicted octanol–water partition coefficient (Wildman–Crippen LogP) is 2.78. The molecule has 1 aliphatic carbocycles. The standard InChI is InChI=1S/C16H16N6OS/c23-15(20-16-21-18-10-24-16)19-14-12-4-2-1-3-11(12)5-6-13(14)22-8-7-17-9-22/h1-4,7-10,13-14H,5-6H2,(H2,19,20,21,23)/t13-,14+/m0/s1. The van der Waals surface area contributed by atoms with Gasteiger partial charge in [0.25, 0.3) is 0 Å². The lowest BCUT2D eigenvalue weighted by Crippen LogP contribution is -2.39. The third-order valence-corrected chi connectivity index (χ3v) is 4.87. The predicted molar refractivity (Wildman–Crippen MR) is 90.8 cm³/mol. The number of hydrogen-bond acceptors (Lipinski definition) is 5. The molecule has 0 fully saturated rings. The summed E-state index contributed by atoms with van der Waals surface area (Å²) in [6.07, 6.45) is 7.43. The van der Waals surface area contributed by atoms with Crippen LogP contribution in [0.1, 0.15) is 29.6 Å². The number of urea groups is 1. The molecule has 0 bridgehead atoms. The van der Waals surface area contributed by atoms with Gasteiger partial charge >= 0.3 is 6.03 Å². The molecular formula is C16H16N6OS. The molecule has 3 aromatic rings. The van der Waals surface area contributed by atoms with Gasteiger partial charge in [-0.05, 0) is 24.0 Å². The van der Waals surface area contributed by atoms with E-state index in [9.17, 15) is 4.79 Å². The van der Waals surface area contributed by atoms with Gasteiger partial charge in [0.05, 0.1) is 18.4 Å². The van der Waals surface area contributed by atoms with E-state index in [1.54, 1.807) is 18.0 Å². The lowest BCUT2D eigenvalue weighted by atomic mass is 9.84. The van der Waals surface area contributed by atoms with Gasteiger partial charge in [0, 0.05) is 12.4 Å². The summed E-state index contributed by atoms with van der Waals surface area (Å²) in [5, 5.41) is 13.9. The van der Waals surface area contributed by atoms with Crippen LogP contribution in [0.3, 0.4) is 0 Å². The normalized spacial score (nSPS) is 19.5. The van der Waals surface area contributed by atoms with Crippen molar-refractivity contribution in [1.82, 2.24) is 25.1 Å². The summed E-state index contributed by atoms with van der Waals surface area (Å²) in [6.45, 7) is 0. The summed E-state index contributed by atoms with van der Waals surface area (Å²) in [6, 6.07) is 7.96. The number of nitrogens with one attached hydrogen (secondary N) is 2. The van der Waals surface area contributed by atoms with E-state index in [0.717, 1.165) is 18.4 Å². The van der Waals surface area contributed by atoms with Crippen LogP contribution in [0.15, 0.2) is 48.5 Å². The third kappa shape index (κ3) is 2.88. The Labute approximate surface area is 142 Å². The minimum absolute atomic E-state index is 0.127. The van der Waals surface area contributed by atoms with Crippen molar-refractivity contribution in [2.45, 2.75) is 24.9 Å². The van der Waals surface area contributed by atoms with Gasteiger partial charge in [-0.25, -0.2) is 9.78 Å². The van der Waals surface area contributed by atoms with E-state index in [2.05, 4.69) is 42.5 Å². The smallest absolute Gasteiger partial charge is 0.321 e. The van der Waals surface area contributed by atoms with Crippen molar-refractivity contribution in [2.24, 2.45) is 0 Å². The number of hydrogen-bond donors (Lipinski definition) is 2. The average Bonchev–Trinajstić information content (AvgIpc) is 3.29. The fourth-order valence-corrected chi connectivity index (χ4v) is 3.65. The SMILES string of the molecule is O=C(Nc1nncs1)N[C@@H]1c2ccccc2CC[C@@H]1n1ccnc1. The number of rotatable bonds is 3. The van der Waals surface area contributed by atoms with Crippen LogP contribution in [-0.2, 0) is 6.42 Å². The molecule has 2 aromatic heterocycles. The molecule has 1 aliphatic rings. The summed E-state index contributed by atoms with van der Waals surface area (Å²) >= 11 is 1.29. The molecule has 1 aromatic carbocycles. The number of imidazole rings is 1. The van der Waals surface area contributed by atoms with Crippen molar-refractivity contribution in [1.29, 1.82) is 0 Å². The van der Waals surface area contributed by atoms with E-state index in [1.807, 2.05) is 18.3 Å². The fourth-order valence-electron chi connectivity index (χ4n) is 3.21. The second-order valence-corrected chi connectivity index (χ2v) is 6.47. The molecule has 2 N–H and O–H groups in total. The lowest BCUT2D eigenvalue weighted by molar-refractivity contribution is 0.239. The van der Waals surface area contributed by atoms with Crippen molar-refractivity contribution in [3.63, 3.8) is 0 Å². The fraction of sp³-hybridized carbons (Fsp3) is 0.250. The zero-order chi connectivity index (χ0) is 16.4. The van der Waals surface area contributed by atoms with Crippen molar-refractivity contribution in [3.8, 4) is 0 Å². The molecular weight excluding hydrogens is 324 g/mol. The molecule has 8 heteroatoms. The molecule has 4 rings (SSSR count). The minimum Gasteiger partial charge on any atom is -0.332 e. The maximum atomic E-state index is 12.4. The topological polar surface area (TPSA) is 84.7 Å². The third-order valence-electron chi connectivity index (χ3n) is 4.26. The largest absolute Gasteiger partial charge is 0.332 e. The maximum absolute atomic E-state index is 12.4. The lowest BCUT2D eigenvalue weighted by Gasteiger charge is -2.34. The van der Waals surface area contributed by atoms with Crippen molar-refractivity contribution in [3.05, 3.63) is 59.6 Å². The highest BCUT2D eigenvalue weighted by Crippen LogP contribution is 2.37. The zero-order valence-electron chi connectivity index (χ0n) is 12.8. The molecule has 122 valence electrons. The van der Waals surface area contributed by atoms with E-state index < -0.39 is 0 Å². The average molecular weight is 340 g/mol. The Morgan fingerprint density at radius 3 is 3.04 bits per heavy atom. The van der Waals surface area contributed by atoms with Gasteiger partial charge in [0.1, 0.15) is 5.51 Å². The van der Waals surface area contributed by atoms with Crippen LogP contribution in [-0.4, -0.2) is 25.8 Å². The Morgan fingerprint density at radius 1 is 1.33 bits per heavy atom. The highest BCUT2D eigenvalue weighted by Gasteiger charge is 2.31. The molecule has 2 atom stereocenters. The molecule has 0 spiro atoms. The molecule has 0 radical (unpaired) electrons. The molecule has 0 aliphatic heterocycles. The van der Waals surface area contributed by atoms with Gasteiger partial charge in [-0.3, -0.25) is 5.32 Å². The highest BCUT2D eigenvalue weighted by molar-refractivity contribution is 7.13. The second kappa shape index (κ2) is 6.40. The monoisotopic (exact) mass is 340 g/mol. The number of carbonyl (C=O) groups is 1. The zero-order valence-corrected chi connectivity index (χ0v) is 13.6.